The molecule has 0 N–H and O–H groups in total. The molecule has 7 aromatic carbocycles. The number of benzene rings is 7. The molecule has 6 nitrogen and oxygen atoms in total. The summed E-state index contributed by atoms with van der Waals surface area (Å²) < 4.78 is 12.9. The van der Waals surface area contributed by atoms with Crippen molar-refractivity contribution in [2.45, 2.75) is 0 Å². The summed E-state index contributed by atoms with van der Waals surface area (Å²) in [6.45, 7) is 7.98. The first-order valence-electron chi connectivity index (χ1n) is 19.1. The fraction of sp³-hybridized carbons (Fsp3) is 0. The Hall–Kier alpha value is -7.96. The first-order chi connectivity index (χ1) is 28.6. The largest absolute Gasteiger partial charge is 0.456 e. The van der Waals surface area contributed by atoms with E-state index in [-0.39, 0.29) is 0 Å². The van der Waals surface area contributed by atoms with Crippen molar-refractivity contribution in [3.05, 3.63) is 189 Å². The first-order valence-corrected chi connectivity index (χ1v) is 19.1. The number of para-hydroxylation sites is 2. The summed E-state index contributed by atoms with van der Waals surface area (Å²) in [5, 5.41) is 5.84. The zero-order valence-electron chi connectivity index (χ0n) is 31.2. The zero-order chi connectivity index (χ0) is 38.7. The topological polar surface area (TPSA) is 77.8 Å². The quantitative estimate of drug-likeness (QED) is 0.151. The van der Waals surface area contributed by atoms with Crippen LogP contribution in [0.1, 0.15) is 5.69 Å². The average molecular weight is 745 g/mol. The molecule has 0 bridgehead atoms. The third-order valence-corrected chi connectivity index (χ3v) is 10.8. The van der Waals surface area contributed by atoms with Crippen molar-refractivity contribution in [1.82, 2.24) is 19.9 Å². The number of hydrogen-bond acceptors (Lipinski definition) is 6. The Morgan fingerprint density at radius 1 is 0.448 bits per heavy atom. The fourth-order valence-electron chi connectivity index (χ4n) is 8.19. The Labute approximate surface area is 332 Å². The molecule has 0 amide bonds. The standard InChI is InChI=1S/C52H32N4O2/c1-3-14-31(4-2)49-35-17-8-10-21-41(35)53-51(55-49)37-19-12-23-45-47(37)39-29-33(25-27-43(39)57-45)34-26-28-44-40(30-34)48-38(20-13-24-46(48)58-44)52-54-42-22-11-9-18-36(42)50(56-52)32-15-6-5-7-16-32/h3-30H,1-2H2/b31-14+. The van der Waals surface area contributed by atoms with Crippen LogP contribution in [0, 0.1) is 0 Å². The highest BCUT2D eigenvalue weighted by Gasteiger charge is 2.20. The average Bonchev–Trinajstić information content (AvgIpc) is 3.85. The van der Waals surface area contributed by atoms with E-state index in [9.17, 15) is 0 Å². The lowest BCUT2D eigenvalue weighted by atomic mass is 9.98. The van der Waals surface area contributed by atoms with Crippen molar-refractivity contribution in [1.29, 1.82) is 0 Å². The molecule has 58 heavy (non-hydrogen) atoms. The number of allylic oxidation sites excluding steroid dienone is 4. The second-order valence-electron chi connectivity index (χ2n) is 14.2. The molecule has 11 rings (SSSR count). The molecule has 6 heteroatoms. The number of fused-ring (bicyclic) bond motifs is 8. The Balaban J connectivity index is 1.08. The molecule has 272 valence electrons. The molecule has 4 aromatic heterocycles. The van der Waals surface area contributed by atoms with Gasteiger partial charge in [0.2, 0.25) is 0 Å². The van der Waals surface area contributed by atoms with Crippen LogP contribution in [0.3, 0.4) is 0 Å². The van der Waals surface area contributed by atoms with Crippen LogP contribution in [0.25, 0.3) is 116 Å². The molecule has 0 aliphatic heterocycles. The lowest BCUT2D eigenvalue weighted by molar-refractivity contribution is 0.668. The fourth-order valence-corrected chi connectivity index (χ4v) is 8.19. The van der Waals surface area contributed by atoms with Gasteiger partial charge in [0.05, 0.1) is 22.4 Å². The van der Waals surface area contributed by atoms with E-state index in [2.05, 4.69) is 67.8 Å². The van der Waals surface area contributed by atoms with E-state index in [0.717, 1.165) is 110 Å². The molecule has 0 fully saturated rings. The summed E-state index contributed by atoms with van der Waals surface area (Å²) in [4.78, 5) is 20.5. The molecule has 0 aliphatic rings. The molecule has 0 unspecified atom stereocenters. The van der Waals surface area contributed by atoms with Gasteiger partial charge >= 0.3 is 0 Å². The van der Waals surface area contributed by atoms with E-state index >= 15 is 0 Å². The monoisotopic (exact) mass is 744 g/mol. The Kier molecular flexibility index (Phi) is 7.69. The normalized spacial score (nSPS) is 12.0. The van der Waals surface area contributed by atoms with Gasteiger partial charge in [-0.3, -0.25) is 0 Å². The van der Waals surface area contributed by atoms with Gasteiger partial charge in [-0.2, -0.15) is 0 Å². The second kappa shape index (κ2) is 13.4. The van der Waals surface area contributed by atoms with Gasteiger partial charge in [-0.05, 0) is 59.7 Å². The van der Waals surface area contributed by atoms with Crippen molar-refractivity contribution in [3.63, 3.8) is 0 Å². The minimum atomic E-state index is 0.606. The maximum absolute atomic E-state index is 6.47. The van der Waals surface area contributed by atoms with Crippen molar-refractivity contribution in [2.24, 2.45) is 0 Å². The van der Waals surface area contributed by atoms with Crippen LogP contribution in [0.2, 0.25) is 0 Å². The summed E-state index contributed by atoms with van der Waals surface area (Å²) in [7, 11) is 0. The zero-order valence-corrected chi connectivity index (χ0v) is 31.2. The molecular formula is C52H32N4O2. The van der Waals surface area contributed by atoms with E-state index < -0.39 is 0 Å². The third-order valence-electron chi connectivity index (χ3n) is 10.8. The SMILES string of the molecule is C=C/C=C(\C=C)c1nc(-c2cccc3oc4ccc(-c5ccc6oc7cccc(-c8nc(-c9ccccc9)c9ccccc9n8)c7c6c5)cc4c23)nc2ccccc12. The Morgan fingerprint density at radius 2 is 1.00 bits per heavy atom. The lowest BCUT2D eigenvalue weighted by Gasteiger charge is -2.10. The highest BCUT2D eigenvalue weighted by molar-refractivity contribution is 6.15. The number of furan rings is 2. The minimum Gasteiger partial charge on any atom is -0.456 e. The second-order valence-corrected chi connectivity index (χ2v) is 14.2. The number of aromatic nitrogens is 4. The van der Waals surface area contributed by atoms with E-state index in [0.29, 0.717) is 11.6 Å². The minimum absolute atomic E-state index is 0.606. The highest BCUT2D eigenvalue weighted by atomic mass is 16.3. The molecule has 0 atom stereocenters. The van der Waals surface area contributed by atoms with Crippen molar-refractivity contribution >= 4 is 71.3 Å². The van der Waals surface area contributed by atoms with Gasteiger partial charge < -0.3 is 8.83 Å². The van der Waals surface area contributed by atoms with E-state index in [4.69, 9.17) is 28.8 Å². The Bertz CT molecular complexity index is 3500. The molecule has 0 aliphatic carbocycles. The maximum Gasteiger partial charge on any atom is 0.161 e. The van der Waals surface area contributed by atoms with Crippen LogP contribution in [0.4, 0.5) is 0 Å². The van der Waals surface area contributed by atoms with Crippen LogP contribution in [-0.2, 0) is 0 Å². The molecule has 0 saturated heterocycles. The van der Waals surface area contributed by atoms with Crippen molar-refractivity contribution in [3.8, 4) is 45.2 Å². The van der Waals surface area contributed by atoms with Gasteiger partial charge in [-0.25, -0.2) is 19.9 Å². The van der Waals surface area contributed by atoms with Gasteiger partial charge in [0.1, 0.15) is 22.3 Å². The van der Waals surface area contributed by atoms with Gasteiger partial charge in [0.25, 0.3) is 0 Å². The molecule has 0 radical (unpaired) electrons. The summed E-state index contributed by atoms with van der Waals surface area (Å²) in [6.07, 6.45) is 5.48. The molecular weight excluding hydrogens is 713 g/mol. The molecule has 0 saturated carbocycles. The first kappa shape index (κ1) is 33.4. The highest BCUT2D eigenvalue weighted by Crippen LogP contribution is 2.42. The lowest BCUT2D eigenvalue weighted by Crippen LogP contribution is -1.97. The van der Waals surface area contributed by atoms with Crippen LogP contribution in [-0.4, -0.2) is 19.9 Å². The Morgan fingerprint density at radius 3 is 1.60 bits per heavy atom. The van der Waals surface area contributed by atoms with E-state index in [1.54, 1.807) is 12.2 Å². The van der Waals surface area contributed by atoms with Crippen LogP contribution >= 0.6 is 0 Å². The van der Waals surface area contributed by atoms with Crippen molar-refractivity contribution < 1.29 is 8.83 Å². The van der Waals surface area contributed by atoms with Gasteiger partial charge in [0.15, 0.2) is 11.6 Å². The predicted octanol–water partition coefficient (Wildman–Crippen LogP) is 13.8. The smallest absolute Gasteiger partial charge is 0.161 e. The molecule has 11 aromatic rings. The summed E-state index contributed by atoms with van der Waals surface area (Å²) in [5.74, 6) is 1.25. The van der Waals surface area contributed by atoms with Crippen molar-refractivity contribution in [2.75, 3.05) is 0 Å². The molecule has 4 heterocycles. The molecule has 0 spiro atoms. The summed E-state index contributed by atoms with van der Waals surface area (Å²) >= 11 is 0. The van der Waals surface area contributed by atoms with E-state index in [1.807, 2.05) is 103 Å². The van der Waals surface area contributed by atoms with Gasteiger partial charge in [-0.1, -0.05) is 135 Å². The maximum atomic E-state index is 6.47. The predicted molar refractivity (Wildman–Crippen MR) is 237 cm³/mol. The van der Waals surface area contributed by atoms with Gasteiger partial charge in [0, 0.05) is 54.6 Å². The van der Waals surface area contributed by atoms with Crippen LogP contribution in [0.5, 0.6) is 0 Å². The van der Waals surface area contributed by atoms with Crippen LogP contribution < -0.4 is 0 Å². The third kappa shape index (κ3) is 5.34. The number of nitrogens with zero attached hydrogens (tertiary/aromatic N) is 4. The number of rotatable bonds is 7. The van der Waals surface area contributed by atoms with E-state index in [1.165, 1.54) is 0 Å². The summed E-state index contributed by atoms with van der Waals surface area (Å²) in [5.41, 5.74) is 12.3. The summed E-state index contributed by atoms with van der Waals surface area (Å²) in [6, 6.07) is 51.3. The van der Waals surface area contributed by atoms with Crippen LogP contribution in [0.15, 0.2) is 192 Å². The number of hydrogen-bond donors (Lipinski definition) is 0. The van der Waals surface area contributed by atoms with Gasteiger partial charge in [-0.15, -0.1) is 0 Å².